The van der Waals surface area contributed by atoms with Crippen LogP contribution in [-0.2, 0) is 4.79 Å². The first-order valence-corrected chi connectivity index (χ1v) is 7.89. The summed E-state index contributed by atoms with van der Waals surface area (Å²) in [5.41, 5.74) is 0.180. The van der Waals surface area contributed by atoms with Gasteiger partial charge in [0.05, 0.1) is 28.4 Å². The highest BCUT2D eigenvalue weighted by Crippen LogP contribution is 2.25. The molecule has 128 valence electrons. The number of furan rings is 1. The van der Waals surface area contributed by atoms with E-state index in [1.54, 1.807) is 24.3 Å². The van der Waals surface area contributed by atoms with Crippen LogP contribution >= 0.6 is 23.2 Å². The van der Waals surface area contributed by atoms with E-state index in [4.69, 9.17) is 27.6 Å². The van der Waals surface area contributed by atoms with Crippen LogP contribution in [0.4, 0.5) is 0 Å². The van der Waals surface area contributed by atoms with Gasteiger partial charge in [0.15, 0.2) is 0 Å². The fraction of sp³-hybridized carbons (Fsp3) is 0.250. The second kappa shape index (κ2) is 8.19. The summed E-state index contributed by atoms with van der Waals surface area (Å²) < 4.78 is 5.04. The number of aliphatic hydroxyl groups excluding tert-OH is 1. The number of carbonyl (C=O) groups is 2. The Labute approximate surface area is 148 Å². The molecule has 0 saturated heterocycles. The summed E-state index contributed by atoms with van der Waals surface area (Å²) in [5.74, 6) is -0.624. The van der Waals surface area contributed by atoms with Crippen LogP contribution in [0.5, 0.6) is 0 Å². The molecule has 0 aliphatic heterocycles. The number of hydrogen-bond donors (Lipinski definition) is 3. The number of hydrogen-bond acceptors (Lipinski definition) is 4. The van der Waals surface area contributed by atoms with E-state index in [1.807, 2.05) is 0 Å². The number of benzene rings is 1. The van der Waals surface area contributed by atoms with Gasteiger partial charge in [-0.1, -0.05) is 29.3 Å². The summed E-state index contributed by atoms with van der Waals surface area (Å²) in [4.78, 5) is 24.2. The number of aliphatic hydroxyl groups is 1. The average Bonchev–Trinajstić information content (AvgIpc) is 3.09. The van der Waals surface area contributed by atoms with Gasteiger partial charge in [-0.2, -0.15) is 0 Å². The number of carbonyl (C=O) groups excluding carboxylic acids is 2. The summed E-state index contributed by atoms with van der Waals surface area (Å²) >= 11 is 11.8. The molecule has 8 heteroatoms. The van der Waals surface area contributed by atoms with E-state index in [1.165, 1.54) is 19.3 Å². The molecule has 0 aliphatic rings. The molecule has 1 aromatic heterocycles. The standard InChI is InChI=1S/C16H16Cl2N2O4/c1-9(15(22)19-8-12(21)13-6-3-7-24-13)20-16(23)10-4-2-5-11(17)14(10)18/h2-7,9,12,21H,8H2,1H3,(H,19,22)(H,20,23). The number of halogens is 2. The molecular formula is C16H16Cl2N2O4. The van der Waals surface area contributed by atoms with Crippen LogP contribution < -0.4 is 10.6 Å². The van der Waals surface area contributed by atoms with E-state index in [-0.39, 0.29) is 22.2 Å². The van der Waals surface area contributed by atoms with Crippen LogP contribution in [0, 0.1) is 0 Å². The summed E-state index contributed by atoms with van der Waals surface area (Å²) in [6.45, 7) is 1.48. The maximum absolute atomic E-state index is 12.2. The van der Waals surface area contributed by atoms with Gasteiger partial charge in [0.1, 0.15) is 17.9 Å². The molecule has 2 rings (SSSR count). The van der Waals surface area contributed by atoms with E-state index in [2.05, 4.69) is 10.6 Å². The molecule has 3 N–H and O–H groups in total. The smallest absolute Gasteiger partial charge is 0.253 e. The minimum absolute atomic E-state index is 0.0372. The Morgan fingerprint density at radius 1 is 1.25 bits per heavy atom. The zero-order chi connectivity index (χ0) is 17.7. The fourth-order valence-corrected chi connectivity index (χ4v) is 2.34. The molecule has 1 heterocycles. The molecule has 0 fully saturated rings. The Bertz CT molecular complexity index is 719. The van der Waals surface area contributed by atoms with Crippen LogP contribution in [0.15, 0.2) is 41.0 Å². The maximum Gasteiger partial charge on any atom is 0.253 e. The van der Waals surface area contributed by atoms with Gasteiger partial charge in [-0.25, -0.2) is 0 Å². The van der Waals surface area contributed by atoms with Crippen LogP contribution in [0.25, 0.3) is 0 Å². The largest absolute Gasteiger partial charge is 0.467 e. The van der Waals surface area contributed by atoms with E-state index in [9.17, 15) is 14.7 Å². The third-order valence-corrected chi connectivity index (χ3v) is 4.10. The van der Waals surface area contributed by atoms with Crippen molar-refractivity contribution in [3.05, 3.63) is 58.0 Å². The van der Waals surface area contributed by atoms with Crippen molar-refractivity contribution in [3.63, 3.8) is 0 Å². The minimum atomic E-state index is -0.964. The molecule has 24 heavy (non-hydrogen) atoms. The minimum Gasteiger partial charge on any atom is -0.467 e. The summed E-state index contributed by atoms with van der Waals surface area (Å²) in [6.07, 6.45) is 0.465. The van der Waals surface area contributed by atoms with Crippen molar-refractivity contribution in [2.75, 3.05) is 6.54 Å². The lowest BCUT2D eigenvalue weighted by Gasteiger charge is -2.16. The molecule has 6 nitrogen and oxygen atoms in total. The van der Waals surface area contributed by atoms with E-state index >= 15 is 0 Å². The topological polar surface area (TPSA) is 91.6 Å². The molecule has 0 bridgehead atoms. The van der Waals surface area contributed by atoms with Crippen LogP contribution in [0.1, 0.15) is 29.1 Å². The van der Waals surface area contributed by atoms with E-state index in [0.717, 1.165) is 0 Å². The van der Waals surface area contributed by atoms with Crippen molar-refractivity contribution in [3.8, 4) is 0 Å². The lowest BCUT2D eigenvalue weighted by molar-refractivity contribution is -0.123. The molecule has 2 amide bonds. The number of amides is 2. The SMILES string of the molecule is CC(NC(=O)c1cccc(Cl)c1Cl)C(=O)NCC(O)c1ccco1. The van der Waals surface area contributed by atoms with Gasteiger partial charge in [0, 0.05) is 0 Å². The second-order valence-corrected chi connectivity index (χ2v) is 5.86. The van der Waals surface area contributed by atoms with E-state index < -0.39 is 24.0 Å². The Morgan fingerprint density at radius 3 is 2.67 bits per heavy atom. The monoisotopic (exact) mass is 370 g/mol. The Hall–Kier alpha value is -2.02. The van der Waals surface area contributed by atoms with Crippen molar-refractivity contribution in [2.24, 2.45) is 0 Å². The summed E-state index contributed by atoms with van der Waals surface area (Å²) in [5, 5.41) is 15.3. The molecular weight excluding hydrogens is 355 g/mol. The van der Waals surface area contributed by atoms with Crippen molar-refractivity contribution in [1.29, 1.82) is 0 Å². The maximum atomic E-state index is 12.2. The molecule has 2 unspecified atom stereocenters. The molecule has 1 aromatic carbocycles. The lowest BCUT2D eigenvalue weighted by atomic mass is 10.2. The molecule has 0 radical (unpaired) electrons. The quantitative estimate of drug-likeness (QED) is 0.728. The molecule has 0 saturated carbocycles. The molecule has 0 spiro atoms. The van der Waals surface area contributed by atoms with Crippen LogP contribution in [0.2, 0.25) is 10.0 Å². The Balaban J connectivity index is 1.89. The van der Waals surface area contributed by atoms with Gasteiger partial charge in [0.25, 0.3) is 5.91 Å². The van der Waals surface area contributed by atoms with Gasteiger partial charge in [-0.3, -0.25) is 9.59 Å². The van der Waals surface area contributed by atoms with Crippen molar-refractivity contribution < 1.29 is 19.1 Å². The van der Waals surface area contributed by atoms with Gasteiger partial charge in [-0.15, -0.1) is 0 Å². The number of rotatable bonds is 6. The third-order valence-electron chi connectivity index (χ3n) is 3.28. The zero-order valence-corrected chi connectivity index (χ0v) is 14.3. The van der Waals surface area contributed by atoms with E-state index in [0.29, 0.717) is 5.76 Å². The Kier molecular flexibility index (Phi) is 6.25. The first-order chi connectivity index (χ1) is 11.4. The van der Waals surface area contributed by atoms with Crippen LogP contribution in [-0.4, -0.2) is 29.5 Å². The predicted octanol–water partition coefficient (Wildman–Crippen LogP) is 2.55. The van der Waals surface area contributed by atoms with Gasteiger partial charge >= 0.3 is 0 Å². The van der Waals surface area contributed by atoms with Crippen molar-refractivity contribution in [2.45, 2.75) is 19.1 Å². The first-order valence-electron chi connectivity index (χ1n) is 7.14. The van der Waals surface area contributed by atoms with Gasteiger partial charge < -0.3 is 20.2 Å². The molecule has 2 atom stereocenters. The normalized spacial score (nSPS) is 13.2. The lowest BCUT2D eigenvalue weighted by Crippen LogP contribution is -2.45. The Morgan fingerprint density at radius 2 is 2.00 bits per heavy atom. The van der Waals surface area contributed by atoms with Crippen molar-refractivity contribution >= 4 is 35.0 Å². The highest BCUT2D eigenvalue weighted by Gasteiger charge is 2.20. The number of nitrogens with one attached hydrogen (secondary N) is 2. The molecule has 2 aromatic rings. The first kappa shape index (κ1) is 18.3. The summed E-state index contributed by atoms with van der Waals surface area (Å²) in [6, 6.07) is 7.08. The van der Waals surface area contributed by atoms with Gasteiger partial charge in [-0.05, 0) is 31.2 Å². The average molecular weight is 371 g/mol. The fourth-order valence-electron chi connectivity index (χ4n) is 1.95. The molecule has 0 aliphatic carbocycles. The van der Waals surface area contributed by atoms with Crippen molar-refractivity contribution in [1.82, 2.24) is 10.6 Å². The third kappa shape index (κ3) is 4.50. The second-order valence-electron chi connectivity index (χ2n) is 5.07. The predicted molar refractivity (Wildman–Crippen MR) is 90.1 cm³/mol. The van der Waals surface area contributed by atoms with Gasteiger partial charge in [0.2, 0.25) is 5.91 Å². The highest BCUT2D eigenvalue weighted by atomic mass is 35.5. The zero-order valence-electron chi connectivity index (χ0n) is 12.8. The highest BCUT2D eigenvalue weighted by molar-refractivity contribution is 6.43. The summed E-state index contributed by atoms with van der Waals surface area (Å²) in [7, 11) is 0. The van der Waals surface area contributed by atoms with Crippen LogP contribution in [0.3, 0.4) is 0 Å².